The summed E-state index contributed by atoms with van der Waals surface area (Å²) in [5, 5.41) is 0.0445. The first-order chi connectivity index (χ1) is 17.7. The van der Waals surface area contributed by atoms with Gasteiger partial charge in [0.25, 0.3) is 0 Å². The van der Waals surface area contributed by atoms with E-state index in [0.29, 0.717) is 0 Å². The van der Waals surface area contributed by atoms with Crippen LogP contribution in [0.2, 0.25) is 54.4 Å². The van der Waals surface area contributed by atoms with E-state index >= 15 is 0 Å². The van der Waals surface area contributed by atoms with Crippen LogP contribution in [0.3, 0.4) is 0 Å². The average Bonchev–Trinajstić information content (AvgIpc) is 2.75. The van der Waals surface area contributed by atoms with Gasteiger partial charge < -0.3 is 27.9 Å². The van der Waals surface area contributed by atoms with Crippen LogP contribution in [-0.4, -0.2) is 74.9 Å². The molecule has 9 heteroatoms. The number of carbonyl (C=O) groups excluding carboxylic acids is 1. The zero-order valence-corrected chi connectivity index (χ0v) is 32.1. The first kappa shape index (κ1) is 37.7. The minimum atomic E-state index is -2.30. The number of rotatable bonds is 9. The molecule has 0 spiro atoms. The molecule has 0 aliphatic carbocycles. The molecule has 6 nitrogen and oxygen atoms in total. The molecular formula is C31H62O6Si3. The molecule has 1 rings (SSSR count). The molecule has 7 atom stereocenters. The lowest BCUT2D eigenvalue weighted by Crippen LogP contribution is -2.65. The zero-order valence-electron chi connectivity index (χ0n) is 29.1. The van der Waals surface area contributed by atoms with E-state index in [1.54, 1.807) is 7.11 Å². The highest BCUT2D eigenvalue weighted by Gasteiger charge is 2.54. The van der Waals surface area contributed by atoms with Gasteiger partial charge >= 0.3 is 0 Å². The van der Waals surface area contributed by atoms with E-state index in [9.17, 15) is 4.79 Å². The molecule has 40 heavy (non-hydrogen) atoms. The van der Waals surface area contributed by atoms with E-state index in [0.717, 1.165) is 6.29 Å². The Balaban J connectivity index is 3.71. The Labute approximate surface area is 250 Å². The fraction of sp³-hybridized carbons (Fsp3) is 0.903. The van der Waals surface area contributed by atoms with Crippen LogP contribution in [0.5, 0.6) is 0 Å². The third-order valence-corrected chi connectivity index (χ3v) is 23.3. The van der Waals surface area contributed by atoms with Gasteiger partial charge in [-0.25, -0.2) is 0 Å². The van der Waals surface area contributed by atoms with Crippen LogP contribution in [-0.2, 0) is 27.9 Å². The second-order valence-corrected chi connectivity index (χ2v) is 30.8. The van der Waals surface area contributed by atoms with Gasteiger partial charge in [0, 0.05) is 13.0 Å². The molecule has 1 heterocycles. The Morgan fingerprint density at radius 2 is 1.23 bits per heavy atom. The Morgan fingerprint density at radius 3 is 1.60 bits per heavy atom. The molecule has 0 amide bonds. The third-order valence-electron chi connectivity index (χ3n) is 9.85. The van der Waals surface area contributed by atoms with E-state index < -0.39 is 55.2 Å². The number of ether oxygens (including phenoxy) is 3. The number of hydrogen-bond acceptors (Lipinski definition) is 6. The molecule has 234 valence electrons. The second kappa shape index (κ2) is 13.1. The highest BCUT2D eigenvalue weighted by atomic mass is 28.4. The van der Waals surface area contributed by atoms with Crippen molar-refractivity contribution in [3.8, 4) is 11.5 Å². The summed E-state index contributed by atoms with van der Waals surface area (Å²) in [5.41, 5.74) is 3.56. The maximum atomic E-state index is 12.0. The standard InChI is InChI=1S/C31H62O6Si3/c1-22(21-32)24(19-20-38(13,14)29(3,4)5)35-28-27(37-40(17,18)31(9,10)11)26(25(33-12)23(2)34-28)36-39(15,16)30(6,7)8/h21-28H,1-18H3/t22-,23+,24-,25+,26-,27+,28+/m1/s1. The predicted molar refractivity (Wildman–Crippen MR) is 174 cm³/mol. The normalized spacial score (nSPS) is 27.0. The first-order valence-corrected chi connectivity index (χ1v) is 23.7. The molecule has 1 aliphatic heterocycles. The number of aldehydes is 1. The summed E-state index contributed by atoms with van der Waals surface area (Å²) in [6.07, 6.45) is -2.02. The largest absolute Gasteiger partial charge is 0.408 e. The molecular weight excluding hydrogens is 553 g/mol. The molecule has 1 aliphatic rings. The smallest absolute Gasteiger partial charge is 0.192 e. The van der Waals surface area contributed by atoms with Crippen molar-refractivity contribution in [2.45, 2.75) is 167 Å². The van der Waals surface area contributed by atoms with Crippen molar-refractivity contribution in [1.29, 1.82) is 0 Å². The molecule has 0 unspecified atom stereocenters. The maximum Gasteiger partial charge on any atom is 0.192 e. The van der Waals surface area contributed by atoms with Crippen molar-refractivity contribution < 1.29 is 27.9 Å². The molecule has 0 aromatic rings. The molecule has 0 saturated carbocycles. The van der Waals surface area contributed by atoms with Gasteiger partial charge in [0.05, 0.1) is 6.10 Å². The Kier molecular flexibility index (Phi) is 12.4. The summed E-state index contributed by atoms with van der Waals surface area (Å²) in [5.74, 6) is 2.95. The summed E-state index contributed by atoms with van der Waals surface area (Å²) in [6.45, 7) is 37.4. The van der Waals surface area contributed by atoms with Crippen LogP contribution in [0, 0.1) is 17.4 Å². The van der Waals surface area contributed by atoms with E-state index in [2.05, 4.69) is 113 Å². The fourth-order valence-corrected chi connectivity index (χ4v) is 7.11. The lowest BCUT2D eigenvalue weighted by molar-refractivity contribution is -0.298. The highest BCUT2D eigenvalue weighted by molar-refractivity contribution is 6.87. The quantitative estimate of drug-likeness (QED) is 0.150. The van der Waals surface area contributed by atoms with Gasteiger partial charge in [0.1, 0.15) is 38.8 Å². The van der Waals surface area contributed by atoms with E-state index in [4.69, 9.17) is 23.1 Å². The van der Waals surface area contributed by atoms with Crippen LogP contribution in [0.25, 0.3) is 0 Å². The van der Waals surface area contributed by atoms with Gasteiger partial charge in [-0.05, 0) is 48.2 Å². The SMILES string of the molecule is CO[C@@H]1[C@@H](O[Si](C)(C)C(C)(C)C)[C@H](O[Si](C)(C)C(C)(C)C)[C@H](O[C@H](C#C[Si](C)(C)C(C)(C)C)[C@H](C)C=O)O[C@H]1C. The van der Waals surface area contributed by atoms with Crippen molar-refractivity contribution in [2.24, 2.45) is 5.92 Å². The number of methoxy groups -OCH3 is 1. The molecule has 0 N–H and O–H groups in total. The molecule has 0 bridgehead atoms. The molecule has 1 saturated heterocycles. The van der Waals surface area contributed by atoms with Crippen LogP contribution in [0.15, 0.2) is 0 Å². The van der Waals surface area contributed by atoms with Crippen LogP contribution < -0.4 is 0 Å². The fourth-order valence-electron chi connectivity index (χ4n) is 3.65. The van der Waals surface area contributed by atoms with Crippen molar-refractivity contribution in [3.63, 3.8) is 0 Å². The number of carbonyl (C=O) groups is 1. The second-order valence-electron chi connectivity index (χ2n) is 16.3. The lowest BCUT2D eigenvalue weighted by atomic mass is 9.99. The topological polar surface area (TPSA) is 63.2 Å². The van der Waals surface area contributed by atoms with Crippen molar-refractivity contribution in [2.75, 3.05) is 7.11 Å². The highest BCUT2D eigenvalue weighted by Crippen LogP contribution is 2.44. The van der Waals surface area contributed by atoms with Gasteiger partial charge in [-0.3, -0.25) is 0 Å². The minimum absolute atomic E-state index is 0.00603. The van der Waals surface area contributed by atoms with Gasteiger partial charge in [0.15, 0.2) is 22.9 Å². The predicted octanol–water partition coefficient (Wildman–Crippen LogP) is 7.80. The van der Waals surface area contributed by atoms with Gasteiger partial charge in [-0.15, -0.1) is 5.54 Å². The maximum absolute atomic E-state index is 12.0. The number of hydrogen-bond donors (Lipinski definition) is 0. The van der Waals surface area contributed by atoms with Crippen molar-refractivity contribution >= 4 is 31.0 Å². The minimum Gasteiger partial charge on any atom is -0.408 e. The molecule has 1 fully saturated rings. The van der Waals surface area contributed by atoms with Crippen LogP contribution in [0.4, 0.5) is 0 Å². The van der Waals surface area contributed by atoms with Crippen molar-refractivity contribution in [1.82, 2.24) is 0 Å². The van der Waals surface area contributed by atoms with Crippen molar-refractivity contribution in [3.05, 3.63) is 0 Å². The summed E-state index contributed by atoms with van der Waals surface area (Å²) in [6, 6.07) is 0. The van der Waals surface area contributed by atoms with E-state index in [1.165, 1.54) is 0 Å². The Morgan fingerprint density at radius 1 is 0.775 bits per heavy atom. The van der Waals surface area contributed by atoms with Gasteiger partial charge in [-0.2, -0.15) is 0 Å². The lowest BCUT2D eigenvalue weighted by Gasteiger charge is -2.52. The summed E-state index contributed by atoms with van der Waals surface area (Å²) < 4.78 is 33.4. The Hall–Kier alpha value is -0.319. The zero-order chi connectivity index (χ0) is 31.7. The summed E-state index contributed by atoms with van der Waals surface area (Å²) in [4.78, 5) is 12.0. The van der Waals surface area contributed by atoms with Gasteiger partial charge in [-0.1, -0.05) is 88.3 Å². The Bertz CT molecular complexity index is 901. The average molecular weight is 615 g/mol. The third kappa shape index (κ3) is 9.09. The molecule has 0 radical (unpaired) electrons. The van der Waals surface area contributed by atoms with E-state index in [1.807, 2.05) is 13.8 Å². The van der Waals surface area contributed by atoms with Crippen LogP contribution in [0.1, 0.15) is 76.2 Å². The molecule has 0 aromatic heterocycles. The monoisotopic (exact) mass is 614 g/mol. The van der Waals surface area contributed by atoms with Gasteiger partial charge in [0.2, 0.25) is 0 Å². The summed E-state index contributed by atoms with van der Waals surface area (Å²) in [7, 11) is -4.76. The van der Waals surface area contributed by atoms with Crippen LogP contribution >= 0.6 is 0 Å². The first-order valence-electron chi connectivity index (χ1n) is 14.9. The summed E-state index contributed by atoms with van der Waals surface area (Å²) >= 11 is 0. The molecule has 0 aromatic carbocycles. The van der Waals surface area contributed by atoms with E-state index in [-0.39, 0.29) is 27.3 Å².